The van der Waals surface area contributed by atoms with Crippen molar-refractivity contribution in [1.82, 2.24) is 14.7 Å². The minimum absolute atomic E-state index is 0.332. The first-order valence-corrected chi connectivity index (χ1v) is 6.91. The Bertz CT molecular complexity index is 692. The SMILES string of the molecule is COCCCNC(=O)c1c(O)nc2scc(C)n2c1=O. The van der Waals surface area contributed by atoms with Gasteiger partial charge in [-0.2, -0.15) is 4.98 Å². The Morgan fingerprint density at radius 2 is 2.35 bits per heavy atom. The van der Waals surface area contributed by atoms with Crippen LogP contribution in [0.3, 0.4) is 0 Å². The normalized spacial score (nSPS) is 10.9. The molecule has 0 bridgehead atoms. The largest absolute Gasteiger partial charge is 0.492 e. The van der Waals surface area contributed by atoms with Gasteiger partial charge < -0.3 is 15.2 Å². The molecule has 2 aromatic heterocycles. The topological polar surface area (TPSA) is 92.9 Å². The first-order chi connectivity index (χ1) is 9.56. The second-order valence-electron chi connectivity index (χ2n) is 4.21. The average molecular weight is 297 g/mol. The van der Waals surface area contributed by atoms with Gasteiger partial charge in [0, 0.05) is 31.3 Å². The summed E-state index contributed by atoms with van der Waals surface area (Å²) in [5.41, 5.74) is -0.215. The zero-order valence-electron chi connectivity index (χ0n) is 11.2. The smallest absolute Gasteiger partial charge is 0.275 e. The molecule has 0 aliphatic rings. The standard InChI is InChI=1S/C12H15N3O4S/c1-7-6-20-12-14-10(17)8(11(18)15(7)12)9(16)13-4-3-5-19-2/h6,17H,3-5H2,1-2H3,(H,13,16). The highest BCUT2D eigenvalue weighted by atomic mass is 32.1. The van der Waals surface area contributed by atoms with Crippen molar-refractivity contribution in [2.75, 3.05) is 20.3 Å². The fraction of sp³-hybridized carbons (Fsp3) is 0.417. The molecule has 2 rings (SSSR count). The van der Waals surface area contributed by atoms with Gasteiger partial charge in [-0.15, -0.1) is 11.3 Å². The number of methoxy groups -OCH3 is 1. The lowest BCUT2D eigenvalue weighted by atomic mass is 10.3. The Kier molecular flexibility index (Phi) is 4.35. The van der Waals surface area contributed by atoms with Gasteiger partial charge in [-0.3, -0.25) is 14.0 Å². The maximum atomic E-state index is 12.2. The number of aromatic nitrogens is 2. The lowest BCUT2D eigenvalue weighted by Gasteiger charge is -2.06. The van der Waals surface area contributed by atoms with E-state index >= 15 is 0 Å². The molecule has 0 saturated carbocycles. The lowest BCUT2D eigenvalue weighted by Crippen LogP contribution is -2.32. The molecule has 2 aromatic rings. The molecule has 7 nitrogen and oxygen atoms in total. The summed E-state index contributed by atoms with van der Waals surface area (Å²) in [6.07, 6.45) is 0.623. The molecular weight excluding hydrogens is 282 g/mol. The minimum Gasteiger partial charge on any atom is -0.492 e. The van der Waals surface area contributed by atoms with Crippen LogP contribution < -0.4 is 10.9 Å². The summed E-state index contributed by atoms with van der Waals surface area (Å²) in [4.78, 5) is 28.4. The molecule has 0 aliphatic carbocycles. The van der Waals surface area contributed by atoms with E-state index in [1.54, 1.807) is 19.4 Å². The highest BCUT2D eigenvalue weighted by Crippen LogP contribution is 2.17. The Hall–Kier alpha value is -1.93. The van der Waals surface area contributed by atoms with Crippen LogP contribution in [0.15, 0.2) is 10.2 Å². The number of nitrogens with zero attached hydrogens (tertiary/aromatic N) is 2. The number of carbonyl (C=O) groups excluding carboxylic acids is 1. The predicted molar refractivity (Wildman–Crippen MR) is 74.6 cm³/mol. The van der Waals surface area contributed by atoms with Gasteiger partial charge in [-0.25, -0.2) is 0 Å². The van der Waals surface area contributed by atoms with Crippen LogP contribution in [0.1, 0.15) is 22.5 Å². The number of ether oxygens (including phenoxy) is 1. The second-order valence-corrected chi connectivity index (χ2v) is 5.05. The van der Waals surface area contributed by atoms with E-state index < -0.39 is 17.3 Å². The van der Waals surface area contributed by atoms with Crippen LogP contribution in [0.2, 0.25) is 0 Å². The van der Waals surface area contributed by atoms with Gasteiger partial charge in [-0.1, -0.05) is 0 Å². The van der Waals surface area contributed by atoms with Gasteiger partial charge in [0.15, 0.2) is 10.5 Å². The van der Waals surface area contributed by atoms with Gasteiger partial charge in [0.25, 0.3) is 11.5 Å². The van der Waals surface area contributed by atoms with Crippen LogP contribution in [0.25, 0.3) is 4.96 Å². The summed E-state index contributed by atoms with van der Waals surface area (Å²) < 4.78 is 6.18. The first-order valence-electron chi connectivity index (χ1n) is 6.03. The van der Waals surface area contributed by atoms with E-state index in [2.05, 4.69) is 10.3 Å². The van der Waals surface area contributed by atoms with Crippen LogP contribution in [-0.4, -0.2) is 40.7 Å². The average Bonchev–Trinajstić information content (AvgIpc) is 2.76. The molecule has 0 fully saturated rings. The summed E-state index contributed by atoms with van der Waals surface area (Å²) in [6, 6.07) is 0. The number of nitrogens with one attached hydrogen (secondary N) is 1. The number of amides is 1. The third-order valence-electron chi connectivity index (χ3n) is 2.76. The maximum absolute atomic E-state index is 12.2. The van der Waals surface area contributed by atoms with Gasteiger partial charge >= 0.3 is 0 Å². The van der Waals surface area contributed by atoms with Crippen LogP contribution in [0.5, 0.6) is 5.88 Å². The van der Waals surface area contributed by atoms with E-state index in [0.717, 1.165) is 0 Å². The van der Waals surface area contributed by atoms with Crippen molar-refractivity contribution in [1.29, 1.82) is 0 Å². The van der Waals surface area contributed by atoms with Gasteiger partial charge in [0.2, 0.25) is 5.88 Å². The summed E-state index contributed by atoms with van der Waals surface area (Å²) >= 11 is 1.23. The third-order valence-corrected chi connectivity index (χ3v) is 3.70. The van der Waals surface area contributed by atoms with E-state index in [-0.39, 0.29) is 5.56 Å². The third kappa shape index (κ3) is 2.66. The molecule has 0 atom stereocenters. The van der Waals surface area contributed by atoms with Crippen LogP contribution >= 0.6 is 11.3 Å². The summed E-state index contributed by atoms with van der Waals surface area (Å²) in [6.45, 7) is 2.60. The molecule has 2 heterocycles. The molecule has 108 valence electrons. The number of aryl methyl sites for hydroxylation is 1. The second kappa shape index (κ2) is 6.02. The minimum atomic E-state index is -0.629. The number of hydrogen-bond acceptors (Lipinski definition) is 6. The highest BCUT2D eigenvalue weighted by Gasteiger charge is 2.20. The molecule has 0 radical (unpaired) electrons. The van der Waals surface area contributed by atoms with Crippen molar-refractivity contribution in [3.8, 4) is 5.88 Å². The van der Waals surface area contributed by atoms with E-state index in [9.17, 15) is 14.7 Å². The lowest BCUT2D eigenvalue weighted by molar-refractivity contribution is 0.0943. The van der Waals surface area contributed by atoms with Crippen molar-refractivity contribution in [2.24, 2.45) is 0 Å². The van der Waals surface area contributed by atoms with Crippen molar-refractivity contribution in [2.45, 2.75) is 13.3 Å². The highest BCUT2D eigenvalue weighted by molar-refractivity contribution is 7.15. The van der Waals surface area contributed by atoms with Crippen molar-refractivity contribution >= 4 is 22.2 Å². The molecule has 0 unspecified atom stereocenters. The molecular formula is C12H15N3O4S. The summed E-state index contributed by atoms with van der Waals surface area (Å²) in [7, 11) is 1.57. The van der Waals surface area contributed by atoms with Crippen molar-refractivity contribution < 1.29 is 14.6 Å². The predicted octanol–water partition coefficient (Wildman–Crippen LogP) is 0.536. The number of fused-ring (bicyclic) bond motifs is 1. The van der Waals surface area contributed by atoms with E-state index in [0.29, 0.717) is 30.2 Å². The Morgan fingerprint density at radius 1 is 1.60 bits per heavy atom. The zero-order chi connectivity index (χ0) is 14.7. The monoisotopic (exact) mass is 297 g/mol. The zero-order valence-corrected chi connectivity index (χ0v) is 12.0. The molecule has 1 amide bonds. The molecule has 0 aromatic carbocycles. The maximum Gasteiger partial charge on any atom is 0.275 e. The number of rotatable bonds is 5. The van der Waals surface area contributed by atoms with Crippen molar-refractivity contribution in [3.05, 3.63) is 27.0 Å². The molecule has 20 heavy (non-hydrogen) atoms. The fourth-order valence-electron chi connectivity index (χ4n) is 1.78. The van der Waals surface area contributed by atoms with Gasteiger partial charge in [0.1, 0.15) is 0 Å². The van der Waals surface area contributed by atoms with Crippen LogP contribution in [0.4, 0.5) is 0 Å². The van der Waals surface area contributed by atoms with Gasteiger partial charge in [0.05, 0.1) is 0 Å². The van der Waals surface area contributed by atoms with Crippen molar-refractivity contribution in [3.63, 3.8) is 0 Å². The molecule has 8 heteroatoms. The molecule has 2 N–H and O–H groups in total. The Labute approximate surface area is 118 Å². The summed E-state index contributed by atoms with van der Waals surface area (Å²) in [5, 5.41) is 14.1. The number of aromatic hydroxyl groups is 1. The number of hydrogen-bond donors (Lipinski definition) is 2. The Morgan fingerprint density at radius 3 is 3.05 bits per heavy atom. The first kappa shape index (κ1) is 14.5. The van der Waals surface area contributed by atoms with Crippen LogP contribution in [0, 0.1) is 6.92 Å². The summed E-state index contributed by atoms with van der Waals surface area (Å²) in [5.74, 6) is -1.17. The number of carbonyl (C=O) groups is 1. The quantitative estimate of drug-likeness (QED) is 0.786. The van der Waals surface area contributed by atoms with E-state index in [4.69, 9.17) is 4.74 Å². The molecule has 0 saturated heterocycles. The fourth-order valence-corrected chi connectivity index (χ4v) is 2.63. The molecule has 0 spiro atoms. The Balaban J connectivity index is 2.31. The van der Waals surface area contributed by atoms with Crippen LogP contribution in [-0.2, 0) is 4.74 Å². The van der Waals surface area contributed by atoms with E-state index in [1.165, 1.54) is 15.7 Å². The van der Waals surface area contributed by atoms with E-state index in [1.807, 2.05) is 0 Å². The number of thiazole rings is 1. The van der Waals surface area contributed by atoms with Gasteiger partial charge in [-0.05, 0) is 13.3 Å². The molecule has 0 aliphatic heterocycles.